The number of carbonyl (C=O) groups excluding carboxylic acids is 1. The van der Waals surface area contributed by atoms with Crippen LogP contribution < -0.4 is 5.69 Å². The monoisotopic (exact) mass is 148 g/mol. The summed E-state index contributed by atoms with van der Waals surface area (Å²) in [6, 6.07) is 0. The molecule has 0 atom stereocenters. The highest BCUT2D eigenvalue weighted by Gasteiger charge is 1.84. The first kappa shape index (κ1) is 7.22. The highest BCUT2D eigenvalue weighted by atomic mass is 16.1. The van der Waals surface area contributed by atoms with E-state index in [1.165, 1.54) is 12.4 Å². The van der Waals surface area contributed by atoms with E-state index in [9.17, 15) is 9.59 Å². The van der Waals surface area contributed by atoms with Crippen LogP contribution in [-0.2, 0) is 4.79 Å². The summed E-state index contributed by atoms with van der Waals surface area (Å²) in [5, 5.41) is 0. The van der Waals surface area contributed by atoms with Crippen molar-refractivity contribution < 1.29 is 4.79 Å². The molecular weight excluding hydrogens is 144 g/mol. The first-order valence-electron chi connectivity index (χ1n) is 2.83. The predicted octanol–water partition coefficient (Wildman–Crippen LogP) is -0.680. The maximum Gasteiger partial charge on any atom is 0.344 e. The largest absolute Gasteiger partial charge is 0.344 e. The summed E-state index contributed by atoms with van der Waals surface area (Å²) in [4.78, 5) is 25.9. The molecular formula is C7H4N2O2. The van der Waals surface area contributed by atoms with E-state index in [4.69, 9.17) is 0 Å². The van der Waals surface area contributed by atoms with Gasteiger partial charge in [-0.2, -0.15) is 0 Å². The highest BCUT2D eigenvalue weighted by molar-refractivity contribution is 5.73. The van der Waals surface area contributed by atoms with Gasteiger partial charge in [0.25, 0.3) is 0 Å². The number of aromatic amines is 1. The molecule has 11 heavy (non-hydrogen) atoms. The van der Waals surface area contributed by atoms with Crippen molar-refractivity contribution in [3.05, 3.63) is 28.4 Å². The van der Waals surface area contributed by atoms with Gasteiger partial charge in [0.1, 0.15) is 0 Å². The number of rotatable bonds is 0. The molecule has 0 aliphatic heterocycles. The fourth-order valence-electron chi connectivity index (χ4n) is 0.523. The van der Waals surface area contributed by atoms with Crippen LogP contribution in [0.4, 0.5) is 0 Å². The highest BCUT2D eigenvalue weighted by Crippen LogP contribution is 1.84. The van der Waals surface area contributed by atoms with Crippen molar-refractivity contribution in [3.8, 4) is 11.8 Å². The van der Waals surface area contributed by atoms with Crippen LogP contribution in [0.5, 0.6) is 0 Å². The molecule has 4 heteroatoms. The quantitative estimate of drug-likeness (QED) is 0.391. The van der Waals surface area contributed by atoms with Crippen LogP contribution in [0, 0.1) is 11.8 Å². The first-order valence-corrected chi connectivity index (χ1v) is 2.83. The number of hydrogen-bond acceptors (Lipinski definition) is 3. The Morgan fingerprint density at radius 2 is 2.45 bits per heavy atom. The molecule has 4 nitrogen and oxygen atoms in total. The topological polar surface area (TPSA) is 62.8 Å². The Labute approximate surface area is 62.3 Å². The summed E-state index contributed by atoms with van der Waals surface area (Å²) in [7, 11) is 0. The van der Waals surface area contributed by atoms with Crippen LogP contribution in [0.1, 0.15) is 5.56 Å². The van der Waals surface area contributed by atoms with Gasteiger partial charge in [-0.3, -0.25) is 4.79 Å². The molecule has 0 aliphatic carbocycles. The molecule has 0 unspecified atom stereocenters. The van der Waals surface area contributed by atoms with E-state index in [-0.39, 0.29) is 0 Å². The average molecular weight is 148 g/mol. The van der Waals surface area contributed by atoms with Crippen LogP contribution >= 0.6 is 0 Å². The minimum atomic E-state index is -0.429. The Morgan fingerprint density at radius 3 is 3.00 bits per heavy atom. The van der Waals surface area contributed by atoms with E-state index < -0.39 is 5.69 Å². The zero-order chi connectivity index (χ0) is 8.10. The van der Waals surface area contributed by atoms with Crippen molar-refractivity contribution in [2.75, 3.05) is 0 Å². The lowest BCUT2D eigenvalue weighted by molar-refractivity contribution is -0.103. The molecule has 1 aromatic rings. The minimum absolute atomic E-state index is 0.429. The van der Waals surface area contributed by atoms with Gasteiger partial charge in [0, 0.05) is 12.4 Å². The van der Waals surface area contributed by atoms with Crippen molar-refractivity contribution in [1.82, 2.24) is 9.97 Å². The van der Waals surface area contributed by atoms with E-state index in [1.807, 2.05) is 0 Å². The third-order valence-electron chi connectivity index (χ3n) is 0.947. The standard InChI is InChI=1S/C7H4N2O2/c10-3-1-2-6-4-8-7(11)9-5-6/h3-5H,(H,8,9,11). The lowest BCUT2D eigenvalue weighted by Gasteiger charge is -1.83. The number of aromatic nitrogens is 2. The molecule has 0 bridgehead atoms. The minimum Gasteiger partial charge on any atom is -0.311 e. The molecule has 1 rings (SSSR count). The fourth-order valence-corrected chi connectivity index (χ4v) is 0.523. The second-order valence-electron chi connectivity index (χ2n) is 1.69. The molecule has 54 valence electrons. The van der Waals surface area contributed by atoms with E-state index in [1.54, 1.807) is 0 Å². The van der Waals surface area contributed by atoms with Gasteiger partial charge in [0.2, 0.25) is 0 Å². The van der Waals surface area contributed by atoms with Gasteiger partial charge in [-0.15, -0.1) is 0 Å². The van der Waals surface area contributed by atoms with Crippen molar-refractivity contribution in [2.45, 2.75) is 0 Å². The molecule has 0 fully saturated rings. The predicted molar refractivity (Wildman–Crippen MR) is 37.8 cm³/mol. The van der Waals surface area contributed by atoms with Crippen LogP contribution in [0.3, 0.4) is 0 Å². The smallest absolute Gasteiger partial charge is 0.311 e. The summed E-state index contributed by atoms with van der Waals surface area (Å²) in [6.45, 7) is 0. The van der Waals surface area contributed by atoms with Gasteiger partial charge < -0.3 is 4.98 Å². The lowest BCUT2D eigenvalue weighted by atomic mass is 10.3. The molecule has 0 aromatic carbocycles. The Balaban J connectivity index is 2.99. The third-order valence-corrected chi connectivity index (χ3v) is 0.947. The molecule has 1 heterocycles. The first-order chi connectivity index (χ1) is 5.33. The Hall–Kier alpha value is -1.89. The van der Waals surface area contributed by atoms with Crippen molar-refractivity contribution in [3.63, 3.8) is 0 Å². The summed E-state index contributed by atoms with van der Waals surface area (Å²) < 4.78 is 0. The zero-order valence-electron chi connectivity index (χ0n) is 5.50. The average Bonchev–Trinajstić information content (AvgIpc) is 2.04. The zero-order valence-corrected chi connectivity index (χ0v) is 5.50. The number of aldehydes is 1. The summed E-state index contributed by atoms with van der Waals surface area (Å²) in [6.07, 6.45) is 3.17. The number of carbonyl (C=O) groups is 1. The van der Waals surface area contributed by atoms with Gasteiger partial charge in [0.05, 0.1) is 5.56 Å². The van der Waals surface area contributed by atoms with Gasteiger partial charge >= 0.3 is 5.69 Å². The van der Waals surface area contributed by atoms with Crippen molar-refractivity contribution in [1.29, 1.82) is 0 Å². The summed E-state index contributed by atoms with van der Waals surface area (Å²) >= 11 is 0. The van der Waals surface area contributed by atoms with Gasteiger partial charge in [-0.25, -0.2) is 9.78 Å². The van der Waals surface area contributed by atoms with E-state index in [0.29, 0.717) is 11.8 Å². The molecule has 0 spiro atoms. The Kier molecular flexibility index (Phi) is 2.18. The number of hydrogen-bond donors (Lipinski definition) is 1. The number of H-pyrrole nitrogens is 1. The molecule has 0 aliphatic rings. The maximum atomic E-state index is 10.4. The molecule has 0 amide bonds. The summed E-state index contributed by atoms with van der Waals surface area (Å²) in [5.74, 6) is 4.66. The SMILES string of the molecule is O=CC#Cc1cnc(=O)[nH]c1. The number of nitrogens with one attached hydrogen (secondary N) is 1. The second kappa shape index (κ2) is 3.32. The fraction of sp³-hybridized carbons (Fsp3) is 0. The van der Waals surface area contributed by atoms with Gasteiger partial charge in [-0.05, 0) is 5.92 Å². The van der Waals surface area contributed by atoms with E-state index in [0.717, 1.165) is 0 Å². The second-order valence-corrected chi connectivity index (χ2v) is 1.69. The van der Waals surface area contributed by atoms with Crippen molar-refractivity contribution >= 4 is 6.29 Å². The molecule has 0 radical (unpaired) electrons. The van der Waals surface area contributed by atoms with Gasteiger partial charge in [-0.1, -0.05) is 5.92 Å². The van der Waals surface area contributed by atoms with Crippen LogP contribution in [0.15, 0.2) is 17.2 Å². The van der Waals surface area contributed by atoms with Gasteiger partial charge in [0.15, 0.2) is 6.29 Å². The normalized spacial score (nSPS) is 8.00. The van der Waals surface area contributed by atoms with E-state index in [2.05, 4.69) is 21.8 Å². The molecule has 0 saturated carbocycles. The molecule has 1 aromatic heterocycles. The maximum absolute atomic E-state index is 10.4. The van der Waals surface area contributed by atoms with E-state index >= 15 is 0 Å². The summed E-state index contributed by atoms with van der Waals surface area (Å²) in [5.41, 5.74) is 0.0818. The van der Waals surface area contributed by atoms with Crippen LogP contribution in [0.25, 0.3) is 0 Å². The van der Waals surface area contributed by atoms with Crippen molar-refractivity contribution in [2.24, 2.45) is 0 Å². The van der Waals surface area contributed by atoms with Crippen LogP contribution in [-0.4, -0.2) is 16.3 Å². The Bertz CT molecular complexity index is 350. The molecule has 0 saturated heterocycles. The number of nitrogens with zero attached hydrogens (tertiary/aromatic N) is 1. The Morgan fingerprint density at radius 1 is 1.64 bits per heavy atom. The molecule has 1 N–H and O–H groups in total. The van der Waals surface area contributed by atoms with Crippen LogP contribution in [0.2, 0.25) is 0 Å². The lowest BCUT2D eigenvalue weighted by Crippen LogP contribution is -2.07. The third kappa shape index (κ3) is 2.06.